The van der Waals surface area contributed by atoms with Gasteiger partial charge in [0, 0.05) is 12.8 Å². The summed E-state index contributed by atoms with van der Waals surface area (Å²) in [6.07, 6.45) is 2.33. The Labute approximate surface area is 61.2 Å². The minimum absolute atomic E-state index is 0.327. The molecular formula is C8H15FO. The molecule has 0 bridgehead atoms. The van der Waals surface area contributed by atoms with Crippen molar-refractivity contribution in [2.24, 2.45) is 0 Å². The lowest BCUT2D eigenvalue weighted by molar-refractivity contribution is -0.136. The SMILES string of the molecule is CCCC1(O)CC(C)(F)C1. The van der Waals surface area contributed by atoms with Crippen molar-refractivity contribution in [1.82, 2.24) is 0 Å². The zero-order valence-corrected chi connectivity index (χ0v) is 6.65. The van der Waals surface area contributed by atoms with E-state index in [1.165, 1.54) is 0 Å². The van der Waals surface area contributed by atoms with Crippen molar-refractivity contribution in [3.05, 3.63) is 0 Å². The van der Waals surface area contributed by atoms with Crippen LogP contribution in [0.3, 0.4) is 0 Å². The molecule has 1 N–H and O–H groups in total. The van der Waals surface area contributed by atoms with Crippen molar-refractivity contribution in [2.75, 3.05) is 0 Å². The molecule has 1 fully saturated rings. The lowest BCUT2D eigenvalue weighted by atomic mass is 9.67. The van der Waals surface area contributed by atoms with Crippen molar-refractivity contribution >= 4 is 0 Å². The quantitative estimate of drug-likeness (QED) is 0.632. The molecule has 0 saturated heterocycles. The molecule has 0 atom stereocenters. The van der Waals surface area contributed by atoms with E-state index in [0.717, 1.165) is 12.8 Å². The van der Waals surface area contributed by atoms with E-state index in [9.17, 15) is 9.50 Å². The molecule has 10 heavy (non-hydrogen) atoms. The zero-order chi connectivity index (χ0) is 7.83. The third-order valence-corrected chi connectivity index (χ3v) is 2.11. The summed E-state index contributed by atoms with van der Waals surface area (Å²) in [5, 5.41) is 9.51. The maximum Gasteiger partial charge on any atom is 0.113 e. The number of rotatable bonds is 2. The van der Waals surface area contributed by atoms with E-state index >= 15 is 0 Å². The van der Waals surface area contributed by atoms with Crippen LogP contribution in [0, 0.1) is 0 Å². The highest BCUT2D eigenvalue weighted by Gasteiger charge is 2.50. The topological polar surface area (TPSA) is 20.2 Å². The Balaban J connectivity index is 2.34. The fourth-order valence-corrected chi connectivity index (χ4v) is 1.96. The number of alkyl halides is 1. The van der Waals surface area contributed by atoms with Gasteiger partial charge in [-0.05, 0) is 13.3 Å². The van der Waals surface area contributed by atoms with Crippen LogP contribution in [0.15, 0.2) is 0 Å². The van der Waals surface area contributed by atoms with Crippen LogP contribution >= 0.6 is 0 Å². The van der Waals surface area contributed by atoms with Gasteiger partial charge in [-0.25, -0.2) is 4.39 Å². The first-order valence-corrected chi connectivity index (χ1v) is 3.89. The highest BCUT2D eigenvalue weighted by molar-refractivity contribution is 5.02. The van der Waals surface area contributed by atoms with Crippen LogP contribution < -0.4 is 0 Å². The van der Waals surface area contributed by atoms with Gasteiger partial charge in [-0.15, -0.1) is 0 Å². The van der Waals surface area contributed by atoms with Gasteiger partial charge in [0.25, 0.3) is 0 Å². The predicted octanol–water partition coefficient (Wildman–Crippen LogP) is 2.04. The Bertz CT molecular complexity index is 123. The normalized spacial score (nSPS) is 46.8. The molecule has 0 aromatic heterocycles. The molecule has 0 aromatic carbocycles. The molecule has 0 heterocycles. The Morgan fingerprint density at radius 1 is 1.50 bits per heavy atom. The molecule has 0 aromatic rings. The Morgan fingerprint density at radius 3 is 2.30 bits per heavy atom. The lowest BCUT2D eigenvalue weighted by Gasteiger charge is -2.46. The van der Waals surface area contributed by atoms with Crippen LogP contribution in [0.5, 0.6) is 0 Å². The first kappa shape index (κ1) is 7.99. The van der Waals surface area contributed by atoms with Gasteiger partial charge in [-0.2, -0.15) is 0 Å². The van der Waals surface area contributed by atoms with Crippen molar-refractivity contribution in [3.63, 3.8) is 0 Å². The highest BCUT2D eigenvalue weighted by atomic mass is 19.1. The van der Waals surface area contributed by atoms with Crippen molar-refractivity contribution < 1.29 is 9.50 Å². The van der Waals surface area contributed by atoms with Gasteiger partial charge < -0.3 is 5.11 Å². The molecule has 1 saturated carbocycles. The highest BCUT2D eigenvalue weighted by Crippen LogP contribution is 2.46. The maximum atomic E-state index is 12.9. The van der Waals surface area contributed by atoms with Gasteiger partial charge in [-0.3, -0.25) is 0 Å². The lowest BCUT2D eigenvalue weighted by Crippen LogP contribution is -2.52. The van der Waals surface area contributed by atoms with Gasteiger partial charge >= 0.3 is 0 Å². The number of hydrogen-bond donors (Lipinski definition) is 1. The van der Waals surface area contributed by atoms with Crippen LogP contribution in [0.1, 0.15) is 39.5 Å². The van der Waals surface area contributed by atoms with E-state index in [2.05, 4.69) is 0 Å². The largest absolute Gasteiger partial charge is 0.390 e. The molecule has 1 nitrogen and oxygen atoms in total. The summed E-state index contributed by atoms with van der Waals surface area (Å²) in [4.78, 5) is 0. The number of halogens is 1. The molecule has 1 aliphatic rings. The van der Waals surface area contributed by atoms with Gasteiger partial charge in [0.1, 0.15) is 5.67 Å². The number of aliphatic hydroxyl groups is 1. The number of hydrogen-bond acceptors (Lipinski definition) is 1. The van der Waals surface area contributed by atoms with Crippen LogP contribution in [-0.2, 0) is 0 Å². The fraction of sp³-hybridized carbons (Fsp3) is 1.00. The molecule has 0 unspecified atom stereocenters. The van der Waals surface area contributed by atoms with Crippen LogP contribution in [0.4, 0.5) is 4.39 Å². The third-order valence-electron chi connectivity index (χ3n) is 2.11. The summed E-state index contributed by atoms with van der Waals surface area (Å²) in [5.41, 5.74) is -1.76. The predicted molar refractivity (Wildman–Crippen MR) is 38.6 cm³/mol. The summed E-state index contributed by atoms with van der Waals surface area (Å²) in [5.74, 6) is 0. The Hall–Kier alpha value is -0.110. The zero-order valence-electron chi connectivity index (χ0n) is 6.65. The van der Waals surface area contributed by atoms with Crippen LogP contribution in [-0.4, -0.2) is 16.4 Å². The average molecular weight is 146 g/mol. The standard InChI is InChI=1S/C8H15FO/c1-3-4-8(10)5-7(2,9)6-8/h10H,3-6H2,1-2H3. The van der Waals surface area contributed by atoms with E-state index in [1.54, 1.807) is 6.92 Å². The van der Waals surface area contributed by atoms with E-state index in [1.807, 2.05) is 6.92 Å². The third kappa shape index (κ3) is 1.48. The van der Waals surface area contributed by atoms with Gasteiger partial charge in [0.15, 0.2) is 0 Å². The smallest absolute Gasteiger partial charge is 0.113 e. The molecule has 60 valence electrons. The second-order valence-electron chi connectivity index (χ2n) is 3.74. The fourth-order valence-electron chi connectivity index (χ4n) is 1.96. The summed E-state index contributed by atoms with van der Waals surface area (Å²) >= 11 is 0. The molecular weight excluding hydrogens is 131 g/mol. The molecule has 1 aliphatic carbocycles. The Morgan fingerprint density at radius 2 is 2.00 bits per heavy atom. The minimum Gasteiger partial charge on any atom is -0.390 e. The van der Waals surface area contributed by atoms with Gasteiger partial charge in [0.2, 0.25) is 0 Å². The minimum atomic E-state index is -1.09. The summed E-state index contributed by atoms with van der Waals surface area (Å²) in [6, 6.07) is 0. The molecule has 2 heteroatoms. The second-order valence-corrected chi connectivity index (χ2v) is 3.74. The van der Waals surface area contributed by atoms with Gasteiger partial charge in [0.05, 0.1) is 5.60 Å². The summed E-state index contributed by atoms with van der Waals surface area (Å²) in [7, 11) is 0. The summed E-state index contributed by atoms with van der Waals surface area (Å²) in [6.45, 7) is 3.56. The van der Waals surface area contributed by atoms with E-state index < -0.39 is 11.3 Å². The maximum absolute atomic E-state index is 12.9. The molecule has 1 rings (SSSR count). The molecule has 0 amide bonds. The first-order chi connectivity index (χ1) is 4.47. The summed E-state index contributed by atoms with van der Waals surface area (Å²) < 4.78 is 12.9. The van der Waals surface area contributed by atoms with Gasteiger partial charge in [-0.1, -0.05) is 13.3 Å². The molecule has 0 aliphatic heterocycles. The van der Waals surface area contributed by atoms with E-state index in [-0.39, 0.29) is 0 Å². The van der Waals surface area contributed by atoms with Crippen LogP contribution in [0.2, 0.25) is 0 Å². The monoisotopic (exact) mass is 146 g/mol. The second kappa shape index (κ2) is 2.19. The van der Waals surface area contributed by atoms with E-state index in [0.29, 0.717) is 12.8 Å². The van der Waals surface area contributed by atoms with Crippen LogP contribution in [0.25, 0.3) is 0 Å². The Kier molecular flexibility index (Phi) is 1.75. The van der Waals surface area contributed by atoms with E-state index in [4.69, 9.17) is 0 Å². The molecule has 0 spiro atoms. The first-order valence-electron chi connectivity index (χ1n) is 3.89. The average Bonchev–Trinajstić information content (AvgIpc) is 1.58. The van der Waals surface area contributed by atoms with Crippen molar-refractivity contribution in [3.8, 4) is 0 Å². The molecule has 0 radical (unpaired) electrons. The van der Waals surface area contributed by atoms with Crippen molar-refractivity contribution in [1.29, 1.82) is 0 Å². The van der Waals surface area contributed by atoms with Crippen molar-refractivity contribution in [2.45, 2.75) is 50.8 Å².